The van der Waals surface area contributed by atoms with Crippen LogP contribution in [0.5, 0.6) is 0 Å². The summed E-state index contributed by atoms with van der Waals surface area (Å²) in [7, 11) is 0. The number of carbonyl (C=O) groups excluding carboxylic acids is 1. The predicted molar refractivity (Wildman–Crippen MR) is 87.8 cm³/mol. The fourth-order valence-electron chi connectivity index (χ4n) is 1.43. The van der Waals surface area contributed by atoms with Gasteiger partial charge in [0.05, 0.1) is 6.61 Å². The standard InChI is InChI=1S/C12H20N2O3.2C2H6/c1-5-17-11(16)9-8-10(15)13-14(9)7-6-12(2,3)4;2*1-2/h8H,5-7H2,1-4H3,(H,13,15);2*1-2H3. The van der Waals surface area contributed by atoms with E-state index in [0.29, 0.717) is 18.8 Å². The Hall–Kier alpha value is -1.52. The summed E-state index contributed by atoms with van der Waals surface area (Å²) in [6, 6.07) is 1.28. The lowest BCUT2D eigenvalue weighted by atomic mass is 9.92. The number of nitrogens with one attached hydrogen (secondary N) is 1. The van der Waals surface area contributed by atoms with Gasteiger partial charge in [-0.15, -0.1) is 0 Å². The zero-order valence-corrected chi connectivity index (χ0v) is 14.9. The highest BCUT2D eigenvalue weighted by Crippen LogP contribution is 2.19. The van der Waals surface area contributed by atoms with Gasteiger partial charge in [-0.25, -0.2) is 4.79 Å². The van der Waals surface area contributed by atoms with E-state index in [-0.39, 0.29) is 11.0 Å². The molecule has 21 heavy (non-hydrogen) atoms. The Bertz CT molecular complexity index is 439. The molecule has 0 bridgehead atoms. The molecule has 5 nitrogen and oxygen atoms in total. The summed E-state index contributed by atoms with van der Waals surface area (Å²) in [5.74, 6) is -0.459. The van der Waals surface area contributed by atoms with E-state index in [1.54, 1.807) is 11.6 Å². The van der Waals surface area contributed by atoms with Crippen LogP contribution in [0.4, 0.5) is 0 Å². The molecule has 0 aliphatic rings. The van der Waals surface area contributed by atoms with Crippen LogP contribution >= 0.6 is 0 Å². The summed E-state index contributed by atoms with van der Waals surface area (Å²) in [6.07, 6.45) is 0.865. The monoisotopic (exact) mass is 300 g/mol. The molecule has 1 rings (SSSR count). The van der Waals surface area contributed by atoms with Crippen molar-refractivity contribution in [2.24, 2.45) is 5.41 Å². The average molecular weight is 300 g/mol. The van der Waals surface area contributed by atoms with Crippen molar-refractivity contribution in [3.05, 3.63) is 22.1 Å². The van der Waals surface area contributed by atoms with E-state index < -0.39 is 5.97 Å². The first-order chi connectivity index (χ1) is 9.83. The van der Waals surface area contributed by atoms with Crippen molar-refractivity contribution in [3.63, 3.8) is 0 Å². The smallest absolute Gasteiger partial charge is 0.356 e. The largest absolute Gasteiger partial charge is 0.461 e. The van der Waals surface area contributed by atoms with Gasteiger partial charge in [0.2, 0.25) is 0 Å². The molecule has 1 N–H and O–H groups in total. The second-order valence-corrected chi connectivity index (χ2v) is 5.19. The minimum absolute atomic E-state index is 0.146. The van der Waals surface area contributed by atoms with Crippen molar-refractivity contribution in [1.82, 2.24) is 9.78 Å². The van der Waals surface area contributed by atoms with Gasteiger partial charge < -0.3 is 4.74 Å². The van der Waals surface area contributed by atoms with Crippen LogP contribution in [0, 0.1) is 5.41 Å². The molecule has 124 valence electrons. The number of hydrogen-bond donors (Lipinski definition) is 1. The van der Waals surface area contributed by atoms with Crippen molar-refractivity contribution < 1.29 is 9.53 Å². The Morgan fingerprint density at radius 1 is 1.24 bits per heavy atom. The van der Waals surface area contributed by atoms with E-state index in [9.17, 15) is 9.59 Å². The van der Waals surface area contributed by atoms with Crippen LogP contribution in [0.25, 0.3) is 0 Å². The molecule has 0 unspecified atom stereocenters. The molecule has 0 aromatic carbocycles. The molecule has 0 radical (unpaired) electrons. The Labute approximate surface area is 128 Å². The molecule has 0 saturated heterocycles. The van der Waals surface area contributed by atoms with Gasteiger partial charge in [-0.2, -0.15) is 0 Å². The van der Waals surface area contributed by atoms with Gasteiger partial charge in [-0.1, -0.05) is 48.5 Å². The third-order valence-electron chi connectivity index (χ3n) is 2.37. The molecule has 1 aromatic heterocycles. The topological polar surface area (TPSA) is 64.1 Å². The Morgan fingerprint density at radius 3 is 2.19 bits per heavy atom. The lowest BCUT2D eigenvalue weighted by molar-refractivity contribution is 0.0510. The second-order valence-electron chi connectivity index (χ2n) is 5.19. The number of nitrogens with zero attached hydrogens (tertiary/aromatic N) is 1. The third-order valence-corrected chi connectivity index (χ3v) is 2.37. The van der Waals surface area contributed by atoms with Crippen LogP contribution in [0.3, 0.4) is 0 Å². The molecular weight excluding hydrogens is 268 g/mol. The van der Waals surface area contributed by atoms with Crippen molar-refractivity contribution >= 4 is 5.97 Å². The fourth-order valence-corrected chi connectivity index (χ4v) is 1.43. The number of H-pyrrole nitrogens is 1. The maximum atomic E-state index is 11.6. The fraction of sp³-hybridized carbons (Fsp3) is 0.750. The van der Waals surface area contributed by atoms with Gasteiger partial charge in [0.1, 0.15) is 5.69 Å². The highest BCUT2D eigenvalue weighted by Gasteiger charge is 2.16. The van der Waals surface area contributed by atoms with E-state index in [1.807, 2.05) is 27.7 Å². The SMILES string of the molecule is CC.CC.CCOC(=O)c1cc(=O)[nH]n1CCC(C)(C)C. The van der Waals surface area contributed by atoms with Gasteiger partial charge in [-0.05, 0) is 18.8 Å². The number of aromatic nitrogens is 2. The predicted octanol–water partition coefficient (Wildman–Crippen LogP) is 3.84. The first-order valence-corrected chi connectivity index (χ1v) is 7.80. The van der Waals surface area contributed by atoms with E-state index >= 15 is 0 Å². The highest BCUT2D eigenvalue weighted by atomic mass is 16.5. The summed E-state index contributed by atoms with van der Waals surface area (Å²) in [5.41, 5.74) is 0.163. The Morgan fingerprint density at radius 2 is 1.76 bits per heavy atom. The molecule has 0 atom stereocenters. The minimum atomic E-state index is -0.459. The zero-order valence-electron chi connectivity index (χ0n) is 14.9. The van der Waals surface area contributed by atoms with Crippen molar-refractivity contribution in [2.75, 3.05) is 6.61 Å². The summed E-state index contributed by atoms with van der Waals surface area (Å²) in [6.45, 7) is 17.0. The normalized spacial score (nSPS) is 9.90. The average Bonchev–Trinajstić information content (AvgIpc) is 2.82. The van der Waals surface area contributed by atoms with Crippen LogP contribution in [-0.2, 0) is 11.3 Å². The summed E-state index contributed by atoms with van der Waals surface area (Å²) in [4.78, 5) is 22.9. The molecule has 1 heterocycles. The van der Waals surface area contributed by atoms with Gasteiger partial charge in [0.25, 0.3) is 5.56 Å². The van der Waals surface area contributed by atoms with Gasteiger partial charge in [-0.3, -0.25) is 14.6 Å². The lowest BCUT2D eigenvalue weighted by Gasteiger charge is -2.18. The second kappa shape index (κ2) is 11.2. The maximum absolute atomic E-state index is 11.6. The number of esters is 1. The third kappa shape index (κ3) is 9.10. The molecule has 0 spiro atoms. The van der Waals surface area contributed by atoms with Crippen LogP contribution in [0.2, 0.25) is 0 Å². The van der Waals surface area contributed by atoms with Crippen LogP contribution in [0.1, 0.15) is 72.3 Å². The van der Waals surface area contributed by atoms with Crippen molar-refractivity contribution in [1.29, 1.82) is 0 Å². The first-order valence-electron chi connectivity index (χ1n) is 7.80. The first kappa shape index (κ1) is 21.8. The maximum Gasteiger partial charge on any atom is 0.356 e. The number of hydrogen-bond acceptors (Lipinski definition) is 3. The van der Waals surface area contributed by atoms with Crippen LogP contribution < -0.4 is 5.56 Å². The number of aryl methyl sites for hydroxylation is 1. The molecule has 5 heteroatoms. The number of carbonyl (C=O) groups is 1. The van der Waals surface area contributed by atoms with Gasteiger partial charge in [0.15, 0.2) is 0 Å². The summed E-state index contributed by atoms with van der Waals surface area (Å²) >= 11 is 0. The number of rotatable bonds is 4. The molecule has 0 aliphatic carbocycles. The minimum Gasteiger partial charge on any atom is -0.461 e. The molecule has 0 saturated carbocycles. The lowest BCUT2D eigenvalue weighted by Crippen LogP contribution is -2.17. The zero-order chi connectivity index (χ0) is 17.1. The van der Waals surface area contributed by atoms with Gasteiger partial charge in [0, 0.05) is 12.6 Å². The van der Waals surface area contributed by atoms with Crippen molar-refractivity contribution in [3.8, 4) is 0 Å². The van der Waals surface area contributed by atoms with E-state index in [0.717, 1.165) is 6.42 Å². The summed E-state index contributed by atoms with van der Waals surface area (Å²) in [5, 5.41) is 2.62. The molecular formula is C16H32N2O3. The summed E-state index contributed by atoms with van der Waals surface area (Å²) < 4.78 is 6.46. The quantitative estimate of drug-likeness (QED) is 0.859. The molecule has 0 aliphatic heterocycles. The molecule has 0 fully saturated rings. The molecule has 1 aromatic rings. The van der Waals surface area contributed by atoms with E-state index in [1.165, 1.54) is 6.07 Å². The Balaban J connectivity index is 0. The Kier molecular flexibility index (Phi) is 11.6. The number of aromatic amines is 1. The van der Waals surface area contributed by atoms with Gasteiger partial charge >= 0.3 is 5.97 Å². The molecule has 0 amide bonds. The highest BCUT2D eigenvalue weighted by molar-refractivity contribution is 5.87. The van der Waals surface area contributed by atoms with Crippen LogP contribution in [0.15, 0.2) is 10.9 Å². The number of ether oxygens (including phenoxy) is 1. The van der Waals surface area contributed by atoms with E-state index in [4.69, 9.17) is 4.74 Å². The van der Waals surface area contributed by atoms with Crippen molar-refractivity contribution in [2.45, 2.75) is 68.4 Å². The van der Waals surface area contributed by atoms with E-state index in [2.05, 4.69) is 25.9 Å². The van der Waals surface area contributed by atoms with Crippen LogP contribution in [-0.4, -0.2) is 22.4 Å².